The van der Waals surface area contributed by atoms with Gasteiger partial charge < -0.3 is 15.2 Å². The van der Waals surface area contributed by atoms with Crippen molar-refractivity contribution in [2.75, 3.05) is 12.9 Å². The van der Waals surface area contributed by atoms with Crippen molar-refractivity contribution >= 4 is 17.7 Å². The highest BCUT2D eigenvalue weighted by atomic mass is 32.2. The van der Waals surface area contributed by atoms with Crippen LogP contribution in [0.3, 0.4) is 0 Å². The third-order valence-corrected chi connectivity index (χ3v) is 6.32. The molecule has 2 N–H and O–H groups in total. The molecule has 0 spiro atoms. The van der Waals surface area contributed by atoms with E-state index in [1.54, 1.807) is 31.4 Å². The Morgan fingerprint density at radius 3 is 2.48 bits per heavy atom. The van der Waals surface area contributed by atoms with Crippen LogP contribution >= 0.6 is 11.8 Å². The molecule has 162 valence electrons. The first kappa shape index (κ1) is 21.2. The van der Waals surface area contributed by atoms with Gasteiger partial charge >= 0.3 is 0 Å². The molecule has 3 aromatic rings. The van der Waals surface area contributed by atoms with Crippen molar-refractivity contribution < 1.29 is 14.6 Å². The van der Waals surface area contributed by atoms with E-state index >= 15 is 0 Å². The molecule has 0 atom stereocenters. The molecule has 0 aliphatic heterocycles. The number of carbonyl (C=O) groups excluding carboxylic acids is 1. The summed E-state index contributed by atoms with van der Waals surface area (Å²) >= 11 is 1.36. The van der Waals surface area contributed by atoms with Gasteiger partial charge in [0.15, 0.2) is 11.0 Å². The highest BCUT2D eigenvalue weighted by molar-refractivity contribution is 7.99. The van der Waals surface area contributed by atoms with Gasteiger partial charge in [-0.1, -0.05) is 31.0 Å². The Morgan fingerprint density at radius 1 is 1.10 bits per heavy atom. The van der Waals surface area contributed by atoms with Gasteiger partial charge in [-0.2, -0.15) is 0 Å². The molecule has 1 aliphatic carbocycles. The zero-order valence-corrected chi connectivity index (χ0v) is 18.3. The van der Waals surface area contributed by atoms with E-state index in [-0.39, 0.29) is 23.5 Å². The summed E-state index contributed by atoms with van der Waals surface area (Å²) in [6.45, 7) is 0. The van der Waals surface area contributed by atoms with Crippen LogP contribution in [0.25, 0.3) is 17.1 Å². The van der Waals surface area contributed by atoms with Crippen LogP contribution in [-0.4, -0.2) is 44.7 Å². The molecule has 1 aliphatic rings. The van der Waals surface area contributed by atoms with E-state index in [2.05, 4.69) is 15.5 Å². The quantitative estimate of drug-likeness (QED) is 0.538. The topological polar surface area (TPSA) is 89.3 Å². The van der Waals surface area contributed by atoms with Crippen LogP contribution in [0, 0.1) is 0 Å². The average molecular weight is 439 g/mol. The van der Waals surface area contributed by atoms with Crippen molar-refractivity contribution in [3.63, 3.8) is 0 Å². The standard InChI is InChI=1S/C23H26N4O3S/c1-30-20-13-9-18(10-14-20)27-22(16-7-11-19(28)12-8-16)25-26-23(27)31-15-21(29)24-17-5-3-2-4-6-17/h7-14,17,28H,2-6,15H2,1H3,(H,24,29). The fraction of sp³-hybridized carbons (Fsp3) is 0.348. The van der Waals surface area contributed by atoms with E-state index in [1.807, 2.05) is 28.8 Å². The molecule has 1 aromatic heterocycles. The molecule has 7 nitrogen and oxygen atoms in total. The highest BCUT2D eigenvalue weighted by Crippen LogP contribution is 2.29. The first-order valence-electron chi connectivity index (χ1n) is 10.5. The van der Waals surface area contributed by atoms with Gasteiger partial charge in [0.2, 0.25) is 5.91 Å². The van der Waals surface area contributed by atoms with Crippen molar-refractivity contribution in [3.8, 4) is 28.6 Å². The molecule has 1 fully saturated rings. The van der Waals surface area contributed by atoms with Crippen LogP contribution in [0.5, 0.6) is 11.5 Å². The Hall–Kier alpha value is -3.00. The van der Waals surface area contributed by atoms with Crippen molar-refractivity contribution in [3.05, 3.63) is 48.5 Å². The zero-order valence-electron chi connectivity index (χ0n) is 17.5. The number of hydrogen-bond acceptors (Lipinski definition) is 6. The lowest BCUT2D eigenvalue weighted by Gasteiger charge is -2.22. The smallest absolute Gasteiger partial charge is 0.230 e. The second-order valence-electron chi connectivity index (χ2n) is 7.58. The van der Waals surface area contributed by atoms with Crippen molar-refractivity contribution in [1.82, 2.24) is 20.1 Å². The predicted octanol–water partition coefficient (Wildman–Crippen LogP) is 4.19. The molecule has 8 heteroatoms. The van der Waals surface area contributed by atoms with Gasteiger partial charge in [0.25, 0.3) is 0 Å². The van der Waals surface area contributed by atoms with E-state index in [1.165, 1.54) is 31.0 Å². The summed E-state index contributed by atoms with van der Waals surface area (Å²) in [5, 5.41) is 22.1. The average Bonchev–Trinajstić information content (AvgIpc) is 3.23. The minimum absolute atomic E-state index is 0.0207. The minimum Gasteiger partial charge on any atom is -0.508 e. The lowest BCUT2D eigenvalue weighted by atomic mass is 9.95. The first-order valence-corrected chi connectivity index (χ1v) is 11.4. The fourth-order valence-corrected chi connectivity index (χ4v) is 4.53. The van der Waals surface area contributed by atoms with E-state index in [0.717, 1.165) is 29.8 Å². The molecule has 1 saturated carbocycles. The summed E-state index contributed by atoms with van der Waals surface area (Å²) in [7, 11) is 1.63. The summed E-state index contributed by atoms with van der Waals surface area (Å²) in [6.07, 6.45) is 5.73. The van der Waals surface area contributed by atoms with Gasteiger partial charge in [-0.15, -0.1) is 10.2 Å². The number of amides is 1. The Kier molecular flexibility index (Phi) is 6.76. The number of ether oxygens (including phenoxy) is 1. The summed E-state index contributed by atoms with van der Waals surface area (Å²) in [5.74, 6) is 1.88. The van der Waals surface area contributed by atoms with Gasteiger partial charge in [-0.05, 0) is 61.4 Å². The number of carbonyl (C=O) groups is 1. The minimum atomic E-state index is 0.0207. The van der Waals surface area contributed by atoms with Crippen molar-refractivity contribution in [1.29, 1.82) is 0 Å². The number of aromatic hydroxyl groups is 1. The van der Waals surface area contributed by atoms with Gasteiger partial charge in [-0.3, -0.25) is 9.36 Å². The molecule has 1 heterocycles. The molecule has 31 heavy (non-hydrogen) atoms. The molecule has 4 rings (SSSR count). The monoisotopic (exact) mass is 438 g/mol. The Labute approximate surface area is 185 Å². The molecule has 0 saturated heterocycles. The maximum absolute atomic E-state index is 12.5. The number of methoxy groups -OCH3 is 1. The molecule has 0 bridgehead atoms. The zero-order chi connectivity index (χ0) is 21.6. The predicted molar refractivity (Wildman–Crippen MR) is 121 cm³/mol. The molecular weight excluding hydrogens is 412 g/mol. The second-order valence-corrected chi connectivity index (χ2v) is 8.52. The number of aromatic nitrogens is 3. The normalized spacial score (nSPS) is 14.4. The first-order chi connectivity index (χ1) is 15.1. The molecule has 0 unspecified atom stereocenters. The number of phenols is 1. The van der Waals surface area contributed by atoms with E-state index < -0.39 is 0 Å². The molecule has 2 aromatic carbocycles. The van der Waals surface area contributed by atoms with Crippen LogP contribution < -0.4 is 10.1 Å². The number of nitrogens with one attached hydrogen (secondary N) is 1. The van der Waals surface area contributed by atoms with E-state index in [9.17, 15) is 9.90 Å². The highest BCUT2D eigenvalue weighted by Gasteiger charge is 2.19. The summed E-state index contributed by atoms with van der Waals surface area (Å²) in [5.41, 5.74) is 1.68. The van der Waals surface area contributed by atoms with Crippen LogP contribution in [0.4, 0.5) is 0 Å². The van der Waals surface area contributed by atoms with Gasteiger partial charge in [0.05, 0.1) is 12.9 Å². The summed E-state index contributed by atoms with van der Waals surface area (Å²) < 4.78 is 7.19. The number of hydrogen-bond donors (Lipinski definition) is 2. The van der Waals surface area contributed by atoms with Crippen LogP contribution in [-0.2, 0) is 4.79 Å². The lowest BCUT2D eigenvalue weighted by molar-refractivity contribution is -0.119. The number of phenolic OH excluding ortho intramolecular Hbond substituents is 1. The second kappa shape index (κ2) is 9.87. The lowest BCUT2D eigenvalue weighted by Crippen LogP contribution is -2.37. The fourth-order valence-electron chi connectivity index (χ4n) is 3.77. The van der Waals surface area contributed by atoms with Gasteiger partial charge in [0, 0.05) is 17.3 Å². The van der Waals surface area contributed by atoms with Crippen LogP contribution in [0.15, 0.2) is 53.7 Å². The Bertz CT molecular complexity index is 1010. The number of benzene rings is 2. The Balaban J connectivity index is 1.57. The Morgan fingerprint density at radius 2 is 1.81 bits per heavy atom. The molecular formula is C23H26N4O3S. The van der Waals surface area contributed by atoms with Crippen molar-refractivity contribution in [2.24, 2.45) is 0 Å². The number of nitrogens with zero attached hydrogens (tertiary/aromatic N) is 3. The number of rotatable bonds is 7. The van der Waals surface area contributed by atoms with E-state index in [4.69, 9.17) is 4.74 Å². The van der Waals surface area contributed by atoms with Crippen molar-refractivity contribution in [2.45, 2.75) is 43.3 Å². The SMILES string of the molecule is COc1ccc(-n2c(SCC(=O)NC3CCCCC3)nnc2-c2ccc(O)cc2)cc1. The third-order valence-electron chi connectivity index (χ3n) is 5.39. The van der Waals surface area contributed by atoms with Crippen LogP contribution in [0.2, 0.25) is 0 Å². The van der Waals surface area contributed by atoms with Gasteiger partial charge in [-0.25, -0.2) is 0 Å². The largest absolute Gasteiger partial charge is 0.508 e. The summed E-state index contributed by atoms with van der Waals surface area (Å²) in [6, 6.07) is 14.7. The molecule has 1 amide bonds. The van der Waals surface area contributed by atoms with Crippen LogP contribution in [0.1, 0.15) is 32.1 Å². The van der Waals surface area contributed by atoms with Gasteiger partial charge in [0.1, 0.15) is 11.5 Å². The maximum atomic E-state index is 12.5. The maximum Gasteiger partial charge on any atom is 0.230 e. The molecule has 0 radical (unpaired) electrons. The number of thioether (sulfide) groups is 1. The summed E-state index contributed by atoms with van der Waals surface area (Å²) in [4.78, 5) is 12.5. The van der Waals surface area contributed by atoms with E-state index in [0.29, 0.717) is 11.0 Å². The third kappa shape index (κ3) is 5.19.